The van der Waals surface area contributed by atoms with Crippen molar-refractivity contribution in [3.05, 3.63) is 39.2 Å². The number of hydrogen-bond donors (Lipinski definition) is 2. The molecule has 152 valence electrons. The topological polar surface area (TPSA) is 106 Å². The quantitative estimate of drug-likeness (QED) is 0.648. The summed E-state index contributed by atoms with van der Waals surface area (Å²) in [6.07, 6.45) is 1.29. The Hall–Kier alpha value is -2.48. The number of amides is 1. The lowest BCUT2D eigenvalue weighted by Gasteiger charge is -2.20. The van der Waals surface area contributed by atoms with Gasteiger partial charge in [-0.1, -0.05) is 0 Å². The molecule has 0 saturated heterocycles. The molecular weight excluding hydrogens is 382 g/mol. The number of carbonyl (C=O) groups is 2. The Labute approximate surface area is 167 Å². The molecule has 0 unspecified atom stereocenters. The van der Waals surface area contributed by atoms with Crippen LogP contribution in [0.15, 0.2) is 21.3 Å². The molecule has 28 heavy (non-hydrogen) atoms. The predicted octanol–water partition coefficient (Wildman–Crippen LogP) is 2.81. The molecule has 0 radical (unpaired) electrons. The average molecular weight is 407 g/mol. The number of carbonyl (C=O) groups excluding carboxylic acids is 1. The van der Waals surface area contributed by atoms with E-state index in [-0.39, 0.29) is 0 Å². The van der Waals surface area contributed by atoms with Crippen LogP contribution in [-0.2, 0) is 9.59 Å². The van der Waals surface area contributed by atoms with Gasteiger partial charge in [-0.3, -0.25) is 4.79 Å². The number of benzene rings is 1. The number of ether oxygens (including phenoxy) is 1. The minimum absolute atomic E-state index is 0.327. The van der Waals surface area contributed by atoms with Crippen LogP contribution in [0.4, 0.5) is 0 Å². The van der Waals surface area contributed by atoms with E-state index in [2.05, 4.69) is 5.32 Å². The summed E-state index contributed by atoms with van der Waals surface area (Å²) in [6, 6.07) is 2.54. The van der Waals surface area contributed by atoms with Gasteiger partial charge in [0.1, 0.15) is 17.4 Å². The Morgan fingerprint density at radius 3 is 2.50 bits per heavy atom. The summed E-state index contributed by atoms with van der Waals surface area (Å²) in [4.78, 5) is 35.7. The number of rotatable bonds is 8. The van der Waals surface area contributed by atoms with E-state index < -0.39 is 29.6 Å². The molecule has 2 rings (SSSR count). The molecule has 1 heterocycles. The molecule has 0 aliphatic rings. The molecular formula is C20H25NO6S. The summed E-state index contributed by atoms with van der Waals surface area (Å²) >= 11 is 1.51. The molecule has 8 heteroatoms. The van der Waals surface area contributed by atoms with Crippen molar-refractivity contribution in [3.8, 4) is 5.75 Å². The lowest BCUT2D eigenvalue weighted by Crippen LogP contribution is -2.46. The molecule has 0 fully saturated rings. The maximum Gasteiger partial charge on any atom is 0.339 e. The van der Waals surface area contributed by atoms with Gasteiger partial charge in [0.2, 0.25) is 0 Å². The van der Waals surface area contributed by atoms with Gasteiger partial charge in [-0.15, -0.1) is 0 Å². The van der Waals surface area contributed by atoms with Crippen LogP contribution in [0, 0.1) is 20.8 Å². The van der Waals surface area contributed by atoms with E-state index in [1.165, 1.54) is 11.8 Å². The van der Waals surface area contributed by atoms with E-state index in [0.29, 0.717) is 34.6 Å². The Bertz CT molecular complexity index is 952. The fraction of sp³-hybridized carbons (Fsp3) is 0.450. The van der Waals surface area contributed by atoms with E-state index in [9.17, 15) is 19.5 Å². The molecule has 7 nitrogen and oxygen atoms in total. The van der Waals surface area contributed by atoms with Crippen LogP contribution in [0.25, 0.3) is 11.0 Å². The van der Waals surface area contributed by atoms with E-state index >= 15 is 0 Å². The van der Waals surface area contributed by atoms with E-state index in [4.69, 9.17) is 9.15 Å². The van der Waals surface area contributed by atoms with Gasteiger partial charge < -0.3 is 19.6 Å². The highest BCUT2D eigenvalue weighted by molar-refractivity contribution is 7.98. The Morgan fingerprint density at radius 2 is 1.89 bits per heavy atom. The summed E-state index contributed by atoms with van der Waals surface area (Å²) in [5.41, 5.74) is 2.01. The van der Waals surface area contributed by atoms with Crippen LogP contribution >= 0.6 is 11.8 Å². The first-order valence-corrected chi connectivity index (χ1v) is 10.3. The van der Waals surface area contributed by atoms with E-state index in [1.54, 1.807) is 32.9 Å². The van der Waals surface area contributed by atoms with Crippen molar-refractivity contribution in [2.75, 3.05) is 12.0 Å². The number of aryl methyl sites for hydroxylation is 2. The predicted molar refractivity (Wildman–Crippen MR) is 109 cm³/mol. The molecule has 0 bridgehead atoms. The largest absolute Gasteiger partial charge is 0.480 e. The van der Waals surface area contributed by atoms with Crippen molar-refractivity contribution >= 4 is 34.6 Å². The fourth-order valence-electron chi connectivity index (χ4n) is 2.78. The van der Waals surface area contributed by atoms with Crippen LogP contribution in [-0.4, -0.2) is 41.1 Å². The monoisotopic (exact) mass is 407 g/mol. The van der Waals surface area contributed by atoms with E-state index in [0.717, 1.165) is 10.9 Å². The molecule has 0 aliphatic heterocycles. The molecule has 1 amide bonds. The first kappa shape index (κ1) is 21.8. The van der Waals surface area contributed by atoms with Gasteiger partial charge in [0.25, 0.3) is 5.91 Å². The second kappa shape index (κ2) is 9.14. The van der Waals surface area contributed by atoms with Gasteiger partial charge in [0.15, 0.2) is 6.10 Å². The van der Waals surface area contributed by atoms with Gasteiger partial charge in [0.05, 0.1) is 0 Å². The maximum absolute atomic E-state index is 12.4. The van der Waals surface area contributed by atoms with Gasteiger partial charge in [-0.05, 0) is 63.8 Å². The summed E-state index contributed by atoms with van der Waals surface area (Å²) in [7, 11) is 0. The van der Waals surface area contributed by atoms with Gasteiger partial charge >= 0.3 is 11.6 Å². The third kappa shape index (κ3) is 4.67. The van der Waals surface area contributed by atoms with Crippen molar-refractivity contribution in [2.45, 2.75) is 46.3 Å². The molecule has 1 aromatic heterocycles. The fourth-order valence-corrected chi connectivity index (χ4v) is 3.25. The molecule has 2 aromatic rings. The molecule has 2 N–H and O–H groups in total. The molecule has 1 aromatic carbocycles. The number of nitrogens with one attached hydrogen (secondary N) is 1. The summed E-state index contributed by atoms with van der Waals surface area (Å²) in [6.45, 7) is 6.86. The molecule has 0 spiro atoms. The van der Waals surface area contributed by atoms with Gasteiger partial charge in [-0.25, -0.2) is 9.59 Å². The summed E-state index contributed by atoms with van der Waals surface area (Å²) in [5.74, 6) is -0.579. The molecule has 2 atom stereocenters. The van der Waals surface area contributed by atoms with Crippen LogP contribution in [0.5, 0.6) is 5.75 Å². The first-order valence-electron chi connectivity index (χ1n) is 8.89. The van der Waals surface area contributed by atoms with Crippen molar-refractivity contribution in [2.24, 2.45) is 0 Å². The maximum atomic E-state index is 12.4. The Morgan fingerprint density at radius 1 is 1.21 bits per heavy atom. The zero-order valence-corrected chi connectivity index (χ0v) is 17.4. The summed E-state index contributed by atoms with van der Waals surface area (Å²) in [5, 5.41) is 12.6. The summed E-state index contributed by atoms with van der Waals surface area (Å²) < 4.78 is 11.1. The zero-order valence-electron chi connectivity index (χ0n) is 16.6. The number of fused-ring (bicyclic) bond motifs is 1. The highest BCUT2D eigenvalue weighted by Crippen LogP contribution is 2.29. The molecule has 0 saturated carbocycles. The highest BCUT2D eigenvalue weighted by atomic mass is 32.2. The van der Waals surface area contributed by atoms with Crippen LogP contribution < -0.4 is 15.7 Å². The van der Waals surface area contributed by atoms with Crippen LogP contribution in [0.3, 0.4) is 0 Å². The SMILES string of the molecule is CSCC[C@H](NC(=O)[C@H](C)Oc1ccc2c(C)c(C)c(=O)oc2c1C)C(=O)O. The smallest absolute Gasteiger partial charge is 0.339 e. The van der Waals surface area contributed by atoms with E-state index in [1.807, 2.05) is 13.2 Å². The van der Waals surface area contributed by atoms with Crippen molar-refractivity contribution in [3.63, 3.8) is 0 Å². The standard InChI is InChI=1S/C20H25NO6S/c1-10-11(2)20(25)27-17-12(3)16(7-6-14(10)17)26-13(4)18(22)21-15(19(23)24)8-9-28-5/h6-7,13,15H,8-9H2,1-5H3,(H,21,22)(H,23,24)/t13-,15-/m0/s1. The molecule has 0 aliphatic carbocycles. The lowest BCUT2D eigenvalue weighted by atomic mass is 10.0. The zero-order chi connectivity index (χ0) is 21.0. The van der Waals surface area contributed by atoms with Crippen molar-refractivity contribution in [1.29, 1.82) is 0 Å². The second-order valence-corrected chi connectivity index (χ2v) is 7.63. The van der Waals surface area contributed by atoms with Crippen molar-refractivity contribution < 1.29 is 23.8 Å². The Balaban J connectivity index is 2.22. The Kier molecular flexibility index (Phi) is 7.12. The first-order chi connectivity index (χ1) is 13.2. The lowest BCUT2D eigenvalue weighted by molar-refractivity contribution is -0.142. The normalized spacial score (nSPS) is 13.2. The third-order valence-corrected chi connectivity index (χ3v) is 5.37. The number of carboxylic acid groups (broad SMARTS) is 1. The van der Waals surface area contributed by atoms with Gasteiger partial charge in [0, 0.05) is 16.5 Å². The second-order valence-electron chi connectivity index (χ2n) is 6.65. The number of thioether (sulfide) groups is 1. The number of aliphatic carboxylic acids is 1. The van der Waals surface area contributed by atoms with Crippen LogP contribution in [0.2, 0.25) is 0 Å². The average Bonchev–Trinajstić information content (AvgIpc) is 2.65. The minimum Gasteiger partial charge on any atom is -0.480 e. The third-order valence-electron chi connectivity index (χ3n) is 4.72. The number of carboxylic acids is 1. The van der Waals surface area contributed by atoms with Crippen LogP contribution in [0.1, 0.15) is 30.0 Å². The minimum atomic E-state index is -1.08. The van der Waals surface area contributed by atoms with Gasteiger partial charge in [-0.2, -0.15) is 11.8 Å². The van der Waals surface area contributed by atoms with Crippen molar-refractivity contribution in [1.82, 2.24) is 5.32 Å². The number of hydrogen-bond acceptors (Lipinski definition) is 6. The highest BCUT2D eigenvalue weighted by Gasteiger charge is 2.24.